The summed E-state index contributed by atoms with van der Waals surface area (Å²) in [6.07, 6.45) is 3.53. The summed E-state index contributed by atoms with van der Waals surface area (Å²) in [6.45, 7) is 0. The molecule has 1 aromatic heterocycles. The van der Waals surface area contributed by atoms with Gasteiger partial charge in [0.25, 0.3) is 0 Å². The van der Waals surface area contributed by atoms with Crippen LogP contribution in [-0.4, -0.2) is 4.98 Å². The minimum atomic E-state index is -0.373. The standard InChI is InChI=1S/C12H10BrFN2S/c13-9-3-8(5-16-6-9)7-17-10-1-2-12(15)11(14)4-10/h1-6H,7,15H2. The number of pyridine rings is 1. The molecular formula is C12H10BrFN2S. The van der Waals surface area contributed by atoms with Crippen molar-refractivity contribution < 1.29 is 4.39 Å². The molecule has 2 rings (SSSR count). The molecule has 0 radical (unpaired) electrons. The average Bonchev–Trinajstić information content (AvgIpc) is 2.31. The van der Waals surface area contributed by atoms with Gasteiger partial charge in [0, 0.05) is 27.5 Å². The Morgan fingerprint density at radius 1 is 1.29 bits per heavy atom. The second kappa shape index (κ2) is 5.51. The maximum absolute atomic E-state index is 13.2. The van der Waals surface area contributed by atoms with Crippen LogP contribution >= 0.6 is 27.7 Å². The molecule has 2 N–H and O–H groups in total. The number of hydrogen-bond acceptors (Lipinski definition) is 3. The van der Waals surface area contributed by atoms with Crippen molar-refractivity contribution in [3.63, 3.8) is 0 Å². The van der Waals surface area contributed by atoms with E-state index in [1.165, 1.54) is 6.07 Å². The summed E-state index contributed by atoms with van der Waals surface area (Å²) >= 11 is 4.91. The zero-order valence-corrected chi connectivity index (χ0v) is 11.3. The number of halogens is 2. The maximum atomic E-state index is 13.2. The Labute approximate surface area is 112 Å². The molecular weight excluding hydrogens is 303 g/mol. The molecule has 0 fully saturated rings. The number of nitrogen functional groups attached to an aromatic ring is 1. The van der Waals surface area contributed by atoms with E-state index in [9.17, 15) is 4.39 Å². The Morgan fingerprint density at radius 3 is 2.82 bits per heavy atom. The third-order valence-electron chi connectivity index (χ3n) is 2.14. The van der Waals surface area contributed by atoms with Crippen molar-refractivity contribution in [2.45, 2.75) is 10.6 Å². The monoisotopic (exact) mass is 312 g/mol. The molecule has 0 spiro atoms. The van der Waals surface area contributed by atoms with Gasteiger partial charge in [0.2, 0.25) is 0 Å². The van der Waals surface area contributed by atoms with E-state index in [2.05, 4.69) is 20.9 Å². The largest absolute Gasteiger partial charge is 0.396 e. The quantitative estimate of drug-likeness (QED) is 0.691. The predicted octanol–water partition coefficient (Wildman–Crippen LogP) is 3.86. The summed E-state index contributed by atoms with van der Waals surface area (Å²) in [5.74, 6) is 0.373. The molecule has 0 unspecified atom stereocenters. The molecule has 17 heavy (non-hydrogen) atoms. The van der Waals surface area contributed by atoms with E-state index in [0.29, 0.717) is 0 Å². The summed E-state index contributed by atoms with van der Waals surface area (Å²) in [5.41, 5.74) is 6.68. The van der Waals surface area contributed by atoms with E-state index in [0.717, 1.165) is 20.7 Å². The smallest absolute Gasteiger partial charge is 0.147 e. The van der Waals surface area contributed by atoms with Gasteiger partial charge in [0.15, 0.2) is 0 Å². The van der Waals surface area contributed by atoms with Gasteiger partial charge in [-0.15, -0.1) is 11.8 Å². The minimum Gasteiger partial charge on any atom is -0.396 e. The van der Waals surface area contributed by atoms with Gasteiger partial charge in [-0.05, 0) is 45.8 Å². The van der Waals surface area contributed by atoms with E-state index in [1.54, 1.807) is 30.2 Å². The Kier molecular flexibility index (Phi) is 4.02. The van der Waals surface area contributed by atoms with Gasteiger partial charge in [-0.1, -0.05) is 0 Å². The van der Waals surface area contributed by atoms with E-state index in [1.807, 2.05) is 12.1 Å². The first-order valence-electron chi connectivity index (χ1n) is 4.92. The highest BCUT2D eigenvalue weighted by atomic mass is 79.9. The first-order chi connectivity index (χ1) is 8.15. The van der Waals surface area contributed by atoms with Gasteiger partial charge in [-0.25, -0.2) is 4.39 Å². The van der Waals surface area contributed by atoms with Gasteiger partial charge in [-0.3, -0.25) is 4.98 Å². The lowest BCUT2D eigenvalue weighted by atomic mass is 10.3. The summed E-state index contributed by atoms with van der Waals surface area (Å²) in [4.78, 5) is 4.93. The lowest BCUT2D eigenvalue weighted by Gasteiger charge is -2.03. The minimum absolute atomic E-state index is 0.179. The van der Waals surface area contributed by atoms with Crippen LogP contribution in [0, 0.1) is 5.82 Å². The Hall–Kier alpha value is -1.07. The Morgan fingerprint density at radius 2 is 2.12 bits per heavy atom. The fourth-order valence-corrected chi connectivity index (χ4v) is 2.55. The van der Waals surface area contributed by atoms with Crippen molar-refractivity contribution in [1.29, 1.82) is 0 Å². The highest BCUT2D eigenvalue weighted by molar-refractivity contribution is 9.10. The first-order valence-corrected chi connectivity index (χ1v) is 6.70. The molecule has 1 aromatic carbocycles. The van der Waals surface area contributed by atoms with Gasteiger partial charge >= 0.3 is 0 Å². The van der Waals surface area contributed by atoms with Crippen LogP contribution in [0.1, 0.15) is 5.56 Å². The third-order valence-corrected chi connectivity index (χ3v) is 3.64. The van der Waals surface area contributed by atoms with Gasteiger partial charge < -0.3 is 5.73 Å². The average molecular weight is 313 g/mol. The van der Waals surface area contributed by atoms with Gasteiger partial charge in [0.1, 0.15) is 5.82 Å². The van der Waals surface area contributed by atoms with E-state index in [4.69, 9.17) is 5.73 Å². The number of rotatable bonds is 3. The lowest BCUT2D eigenvalue weighted by Crippen LogP contribution is -1.90. The zero-order chi connectivity index (χ0) is 12.3. The predicted molar refractivity (Wildman–Crippen MR) is 72.3 cm³/mol. The summed E-state index contributed by atoms with van der Waals surface area (Å²) in [5, 5.41) is 0. The highest BCUT2D eigenvalue weighted by Crippen LogP contribution is 2.25. The molecule has 0 aliphatic carbocycles. The van der Waals surface area contributed by atoms with Crippen LogP contribution in [0.2, 0.25) is 0 Å². The lowest BCUT2D eigenvalue weighted by molar-refractivity contribution is 0.629. The van der Waals surface area contributed by atoms with Crippen LogP contribution < -0.4 is 5.73 Å². The van der Waals surface area contributed by atoms with Crippen LogP contribution in [0.4, 0.5) is 10.1 Å². The number of thioether (sulfide) groups is 1. The van der Waals surface area contributed by atoms with E-state index >= 15 is 0 Å². The SMILES string of the molecule is Nc1ccc(SCc2cncc(Br)c2)cc1F. The summed E-state index contributed by atoms with van der Waals surface area (Å²) < 4.78 is 14.2. The van der Waals surface area contributed by atoms with Crippen LogP contribution in [0.25, 0.3) is 0 Å². The first kappa shape index (κ1) is 12.4. The van der Waals surface area contributed by atoms with Crippen molar-refractivity contribution >= 4 is 33.4 Å². The summed E-state index contributed by atoms with van der Waals surface area (Å²) in [7, 11) is 0. The second-order valence-corrected chi connectivity index (χ2v) is 5.45. The molecule has 2 aromatic rings. The maximum Gasteiger partial charge on any atom is 0.147 e. The summed E-state index contributed by atoms with van der Waals surface area (Å²) in [6, 6.07) is 6.84. The van der Waals surface area contributed by atoms with Crippen LogP contribution in [0.5, 0.6) is 0 Å². The van der Waals surface area contributed by atoms with Crippen molar-refractivity contribution in [3.8, 4) is 0 Å². The number of nitrogens with zero attached hydrogens (tertiary/aromatic N) is 1. The second-order valence-electron chi connectivity index (χ2n) is 3.48. The molecule has 0 amide bonds. The van der Waals surface area contributed by atoms with Crippen molar-refractivity contribution in [2.24, 2.45) is 0 Å². The number of anilines is 1. The number of nitrogens with two attached hydrogens (primary N) is 1. The molecule has 5 heteroatoms. The van der Waals surface area contributed by atoms with Crippen molar-refractivity contribution in [2.75, 3.05) is 5.73 Å². The molecule has 1 heterocycles. The molecule has 0 atom stereocenters. The van der Waals surface area contributed by atoms with Gasteiger partial charge in [0.05, 0.1) is 5.69 Å². The van der Waals surface area contributed by atoms with Crippen LogP contribution in [0.3, 0.4) is 0 Å². The molecule has 0 saturated heterocycles. The fraction of sp³-hybridized carbons (Fsp3) is 0.0833. The topological polar surface area (TPSA) is 38.9 Å². The Bertz CT molecular complexity index is 534. The molecule has 0 bridgehead atoms. The normalized spacial score (nSPS) is 10.5. The zero-order valence-electron chi connectivity index (χ0n) is 8.86. The molecule has 0 saturated carbocycles. The van der Waals surface area contributed by atoms with E-state index < -0.39 is 0 Å². The number of benzene rings is 1. The van der Waals surface area contributed by atoms with E-state index in [-0.39, 0.29) is 11.5 Å². The van der Waals surface area contributed by atoms with Crippen LogP contribution in [-0.2, 0) is 5.75 Å². The number of aromatic nitrogens is 1. The Balaban J connectivity index is 2.05. The molecule has 0 aliphatic rings. The van der Waals surface area contributed by atoms with Crippen LogP contribution in [0.15, 0.2) is 46.0 Å². The number of hydrogen-bond donors (Lipinski definition) is 1. The highest BCUT2D eigenvalue weighted by Gasteiger charge is 2.02. The van der Waals surface area contributed by atoms with Crippen molar-refractivity contribution in [3.05, 3.63) is 52.5 Å². The van der Waals surface area contributed by atoms with Crippen molar-refractivity contribution in [1.82, 2.24) is 4.98 Å². The molecule has 88 valence electrons. The molecule has 2 nitrogen and oxygen atoms in total. The molecule has 0 aliphatic heterocycles. The fourth-order valence-electron chi connectivity index (χ4n) is 1.30. The van der Waals surface area contributed by atoms with Gasteiger partial charge in [-0.2, -0.15) is 0 Å². The third kappa shape index (κ3) is 3.44.